The number of hydrogen-bond donors (Lipinski definition) is 0. The Hall–Kier alpha value is -3.59. The molecule has 1 saturated heterocycles. The number of carbonyl (C=O) groups is 1. The van der Waals surface area contributed by atoms with Crippen LogP contribution in [-0.4, -0.2) is 34.0 Å². The molecule has 6 heteroatoms. The highest BCUT2D eigenvalue weighted by molar-refractivity contribution is 5.88. The van der Waals surface area contributed by atoms with Crippen LogP contribution in [0.25, 0.3) is 0 Å². The Morgan fingerprint density at radius 3 is 2.85 bits per heavy atom. The van der Waals surface area contributed by atoms with Gasteiger partial charge in [0.15, 0.2) is 0 Å². The first-order valence-corrected chi connectivity index (χ1v) is 12.1. The molecule has 174 valence electrons. The highest BCUT2D eigenvalue weighted by Crippen LogP contribution is 2.47. The molecule has 0 bridgehead atoms. The van der Waals surface area contributed by atoms with Gasteiger partial charge in [0, 0.05) is 32.5 Å². The maximum Gasteiger partial charge on any atom is 0.232 e. The first kappa shape index (κ1) is 22.2. The van der Waals surface area contributed by atoms with Crippen LogP contribution in [0.4, 0.5) is 0 Å². The lowest BCUT2D eigenvalue weighted by Crippen LogP contribution is -2.44. The summed E-state index contributed by atoms with van der Waals surface area (Å²) in [6.45, 7) is 1.46. The van der Waals surface area contributed by atoms with Gasteiger partial charge in [0.2, 0.25) is 5.91 Å². The fraction of sp³-hybridized carbons (Fsp3) is 0.393. The molecule has 2 aliphatic rings. The standard InChI is InChI=1S/C28H30N4O2/c1-31-13-3-2-11-28(27(31)33,17-21-7-8-21)24-5-4-6-25(16-24)34-26-15-22(9-10-23(26)18-29)19-32-14-12-30-20-32/h4-6,9-10,12,14-16,20-21H,2-3,7-8,11,13,17,19H2,1H3. The third-order valence-corrected chi connectivity index (χ3v) is 7.14. The largest absolute Gasteiger partial charge is 0.456 e. The maximum absolute atomic E-state index is 13.6. The topological polar surface area (TPSA) is 71.2 Å². The smallest absolute Gasteiger partial charge is 0.232 e. The molecular formula is C28H30N4O2. The van der Waals surface area contributed by atoms with Crippen molar-refractivity contribution in [2.75, 3.05) is 13.6 Å². The summed E-state index contributed by atoms with van der Waals surface area (Å²) in [6, 6.07) is 15.9. The van der Waals surface area contributed by atoms with E-state index in [0.717, 1.165) is 43.4 Å². The number of imidazole rings is 1. The van der Waals surface area contributed by atoms with Crippen molar-refractivity contribution in [1.82, 2.24) is 14.5 Å². The predicted octanol–water partition coefficient (Wildman–Crippen LogP) is 5.28. The number of ether oxygens (including phenoxy) is 1. The molecule has 3 aromatic rings. The fourth-order valence-electron chi connectivity index (χ4n) is 5.16. The van der Waals surface area contributed by atoms with Crippen molar-refractivity contribution in [3.8, 4) is 17.6 Å². The fourth-order valence-corrected chi connectivity index (χ4v) is 5.16. The number of benzene rings is 2. The van der Waals surface area contributed by atoms with Gasteiger partial charge >= 0.3 is 0 Å². The number of likely N-dealkylation sites (N-methyl/N-ethyl adjacent to an activating group) is 1. The van der Waals surface area contributed by atoms with Crippen LogP contribution < -0.4 is 4.74 Å². The summed E-state index contributed by atoms with van der Waals surface area (Å²) in [5, 5.41) is 9.65. The lowest BCUT2D eigenvalue weighted by atomic mass is 9.72. The van der Waals surface area contributed by atoms with E-state index in [1.54, 1.807) is 18.6 Å². The van der Waals surface area contributed by atoms with E-state index in [-0.39, 0.29) is 5.91 Å². The SMILES string of the molecule is CN1CCCCC(CC2CC2)(c2cccc(Oc3cc(Cn4ccnc4)ccc3C#N)c2)C1=O. The van der Waals surface area contributed by atoms with Crippen molar-refractivity contribution in [3.05, 3.63) is 77.9 Å². The number of carbonyl (C=O) groups excluding carboxylic acids is 1. The zero-order chi connectivity index (χ0) is 23.5. The Bertz CT molecular complexity index is 1210. The van der Waals surface area contributed by atoms with Crippen LogP contribution in [0.5, 0.6) is 11.5 Å². The monoisotopic (exact) mass is 454 g/mol. The Morgan fingerprint density at radius 2 is 2.09 bits per heavy atom. The Labute approximate surface area is 200 Å². The molecule has 1 unspecified atom stereocenters. The van der Waals surface area contributed by atoms with Gasteiger partial charge in [-0.3, -0.25) is 4.79 Å². The van der Waals surface area contributed by atoms with E-state index in [2.05, 4.69) is 17.1 Å². The van der Waals surface area contributed by atoms with Gasteiger partial charge in [-0.05, 0) is 60.6 Å². The Morgan fingerprint density at radius 1 is 1.21 bits per heavy atom. The number of likely N-dealkylation sites (tertiary alicyclic amines) is 1. The molecule has 34 heavy (non-hydrogen) atoms. The van der Waals surface area contributed by atoms with Gasteiger partial charge < -0.3 is 14.2 Å². The lowest BCUT2D eigenvalue weighted by Gasteiger charge is -2.35. The van der Waals surface area contributed by atoms with E-state index in [0.29, 0.717) is 29.5 Å². The molecule has 1 aliphatic carbocycles. The molecule has 6 nitrogen and oxygen atoms in total. The molecule has 2 fully saturated rings. The van der Waals surface area contributed by atoms with Gasteiger partial charge in [0.05, 0.1) is 17.3 Å². The van der Waals surface area contributed by atoms with Crippen molar-refractivity contribution < 1.29 is 9.53 Å². The molecule has 1 saturated carbocycles. The summed E-state index contributed by atoms with van der Waals surface area (Å²) in [7, 11) is 1.93. The van der Waals surface area contributed by atoms with Crippen LogP contribution in [0.1, 0.15) is 55.2 Å². The lowest BCUT2D eigenvalue weighted by molar-refractivity contribution is -0.136. The molecule has 0 spiro atoms. The van der Waals surface area contributed by atoms with Crippen molar-refractivity contribution in [2.45, 2.75) is 50.5 Å². The Kier molecular flexibility index (Phi) is 6.10. The predicted molar refractivity (Wildman–Crippen MR) is 130 cm³/mol. The highest BCUT2D eigenvalue weighted by atomic mass is 16.5. The molecule has 5 rings (SSSR count). The number of aromatic nitrogens is 2. The Balaban J connectivity index is 1.47. The van der Waals surface area contributed by atoms with Crippen LogP contribution in [0.2, 0.25) is 0 Å². The third-order valence-electron chi connectivity index (χ3n) is 7.14. The van der Waals surface area contributed by atoms with Gasteiger partial charge in [0.1, 0.15) is 17.6 Å². The van der Waals surface area contributed by atoms with E-state index in [9.17, 15) is 10.1 Å². The van der Waals surface area contributed by atoms with E-state index in [4.69, 9.17) is 4.74 Å². The third kappa shape index (κ3) is 4.56. The molecule has 1 aromatic heterocycles. The van der Waals surface area contributed by atoms with Crippen LogP contribution in [-0.2, 0) is 16.8 Å². The quantitative estimate of drug-likeness (QED) is 0.487. The molecule has 1 aliphatic heterocycles. The molecule has 0 radical (unpaired) electrons. The minimum Gasteiger partial charge on any atom is -0.456 e. The second-order valence-corrected chi connectivity index (χ2v) is 9.72. The minimum absolute atomic E-state index is 0.231. The van der Waals surface area contributed by atoms with Gasteiger partial charge in [-0.15, -0.1) is 0 Å². The number of rotatable bonds is 7. The number of nitriles is 1. The van der Waals surface area contributed by atoms with Gasteiger partial charge in [-0.25, -0.2) is 4.98 Å². The number of nitrogens with zero attached hydrogens (tertiary/aromatic N) is 4. The first-order chi connectivity index (χ1) is 16.6. The minimum atomic E-state index is -0.493. The molecule has 1 atom stereocenters. The average Bonchev–Trinajstić information content (AvgIpc) is 3.55. The second kappa shape index (κ2) is 9.34. The first-order valence-electron chi connectivity index (χ1n) is 12.1. The van der Waals surface area contributed by atoms with Crippen LogP contribution in [0.15, 0.2) is 61.2 Å². The molecular weight excluding hydrogens is 424 g/mol. The molecule has 0 N–H and O–H groups in total. The summed E-state index contributed by atoms with van der Waals surface area (Å²) in [5.74, 6) is 2.04. The summed E-state index contributed by atoms with van der Waals surface area (Å²) in [4.78, 5) is 19.6. The summed E-state index contributed by atoms with van der Waals surface area (Å²) >= 11 is 0. The number of amides is 1. The van der Waals surface area contributed by atoms with Crippen molar-refractivity contribution in [2.24, 2.45) is 5.92 Å². The highest BCUT2D eigenvalue weighted by Gasteiger charge is 2.46. The zero-order valence-electron chi connectivity index (χ0n) is 19.6. The van der Waals surface area contributed by atoms with Crippen LogP contribution >= 0.6 is 0 Å². The summed E-state index contributed by atoms with van der Waals surface area (Å²) in [5.41, 5.74) is 2.04. The van der Waals surface area contributed by atoms with E-state index in [1.807, 2.05) is 53.0 Å². The van der Waals surface area contributed by atoms with Crippen molar-refractivity contribution >= 4 is 5.91 Å². The summed E-state index contributed by atoms with van der Waals surface area (Å²) < 4.78 is 8.25. The summed E-state index contributed by atoms with van der Waals surface area (Å²) in [6.07, 6.45) is 11.7. The maximum atomic E-state index is 13.6. The van der Waals surface area contributed by atoms with E-state index >= 15 is 0 Å². The second-order valence-electron chi connectivity index (χ2n) is 9.72. The van der Waals surface area contributed by atoms with Crippen molar-refractivity contribution in [3.63, 3.8) is 0 Å². The van der Waals surface area contributed by atoms with Gasteiger partial charge in [-0.1, -0.05) is 37.5 Å². The van der Waals surface area contributed by atoms with Crippen LogP contribution in [0.3, 0.4) is 0 Å². The van der Waals surface area contributed by atoms with E-state index in [1.165, 1.54) is 12.8 Å². The van der Waals surface area contributed by atoms with Gasteiger partial charge in [-0.2, -0.15) is 5.26 Å². The zero-order valence-corrected chi connectivity index (χ0v) is 19.6. The average molecular weight is 455 g/mol. The van der Waals surface area contributed by atoms with E-state index < -0.39 is 5.41 Å². The van der Waals surface area contributed by atoms with Crippen LogP contribution in [0, 0.1) is 17.2 Å². The normalized spacial score (nSPS) is 20.6. The molecule has 1 amide bonds. The molecule has 2 heterocycles. The number of hydrogen-bond acceptors (Lipinski definition) is 4. The molecule has 2 aromatic carbocycles. The van der Waals surface area contributed by atoms with Gasteiger partial charge in [0.25, 0.3) is 0 Å². The van der Waals surface area contributed by atoms with Crippen molar-refractivity contribution in [1.29, 1.82) is 5.26 Å².